The second-order valence-electron chi connectivity index (χ2n) is 5.96. The highest BCUT2D eigenvalue weighted by Crippen LogP contribution is 2.34. The Bertz CT molecular complexity index is 601. The number of halogens is 1. The van der Waals surface area contributed by atoms with Gasteiger partial charge in [0.1, 0.15) is 5.75 Å². The number of hydrogen-bond donors (Lipinski definition) is 2. The third-order valence-electron chi connectivity index (χ3n) is 4.52. The number of nitrogens with zero attached hydrogens (tertiary/aromatic N) is 1. The SMILES string of the molecule is CN=C(NCc1cc(OC)c(OC)cc1OC)NC1CCC(SC)C1.I. The van der Waals surface area contributed by atoms with Crippen molar-refractivity contribution in [2.75, 3.05) is 34.6 Å². The van der Waals surface area contributed by atoms with Crippen LogP contribution in [-0.4, -0.2) is 51.9 Å². The van der Waals surface area contributed by atoms with E-state index in [9.17, 15) is 0 Å². The summed E-state index contributed by atoms with van der Waals surface area (Å²) < 4.78 is 16.2. The number of ether oxygens (including phenoxy) is 3. The molecule has 0 aliphatic heterocycles. The van der Waals surface area contributed by atoms with Crippen LogP contribution in [0.2, 0.25) is 0 Å². The number of nitrogens with one attached hydrogen (secondary N) is 2. The first-order valence-electron chi connectivity index (χ1n) is 8.44. The summed E-state index contributed by atoms with van der Waals surface area (Å²) >= 11 is 1.95. The van der Waals surface area contributed by atoms with Crippen LogP contribution >= 0.6 is 35.7 Å². The van der Waals surface area contributed by atoms with Crippen LogP contribution in [0.15, 0.2) is 17.1 Å². The van der Waals surface area contributed by atoms with Crippen molar-refractivity contribution in [3.63, 3.8) is 0 Å². The summed E-state index contributed by atoms with van der Waals surface area (Å²) in [5, 5.41) is 7.63. The van der Waals surface area contributed by atoms with Crippen molar-refractivity contribution < 1.29 is 14.2 Å². The van der Waals surface area contributed by atoms with Crippen molar-refractivity contribution in [1.29, 1.82) is 0 Å². The van der Waals surface area contributed by atoms with Crippen LogP contribution < -0.4 is 24.8 Å². The van der Waals surface area contributed by atoms with Gasteiger partial charge in [-0.3, -0.25) is 4.99 Å². The lowest BCUT2D eigenvalue weighted by Crippen LogP contribution is -2.42. The summed E-state index contributed by atoms with van der Waals surface area (Å²) in [5.41, 5.74) is 0.983. The van der Waals surface area contributed by atoms with Crippen LogP contribution in [0.1, 0.15) is 24.8 Å². The van der Waals surface area contributed by atoms with Crippen LogP contribution in [0.5, 0.6) is 17.2 Å². The summed E-state index contributed by atoms with van der Waals surface area (Å²) in [6.07, 6.45) is 5.82. The molecule has 0 saturated heterocycles. The van der Waals surface area contributed by atoms with E-state index in [2.05, 4.69) is 21.9 Å². The van der Waals surface area contributed by atoms with E-state index in [1.807, 2.05) is 23.9 Å². The molecule has 1 aliphatic carbocycles. The molecular formula is C18H30IN3O3S. The van der Waals surface area contributed by atoms with Gasteiger partial charge in [0, 0.05) is 36.5 Å². The Hall–Kier alpha value is -1.03. The average molecular weight is 495 g/mol. The van der Waals surface area contributed by atoms with Crippen LogP contribution in [0, 0.1) is 0 Å². The zero-order valence-corrected chi connectivity index (χ0v) is 19.3. The minimum Gasteiger partial charge on any atom is -0.496 e. The zero-order chi connectivity index (χ0) is 18.2. The molecule has 0 heterocycles. The molecule has 0 radical (unpaired) electrons. The smallest absolute Gasteiger partial charge is 0.191 e. The Morgan fingerprint density at radius 2 is 1.77 bits per heavy atom. The van der Waals surface area contributed by atoms with E-state index in [0.29, 0.717) is 24.1 Å². The Labute approximate surface area is 177 Å². The minimum atomic E-state index is 0. The van der Waals surface area contributed by atoms with Gasteiger partial charge in [0.15, 0.2) is 17.5 Å². The highest BCUT2D eigenvalue weighted by atomic mass is 127. The Kier molecular flexibility index (Phi) is 10.3. The van der Waals surface area contributed by atoms with Crippen molar-refractivity contribution in [2.24, 2.45) is 4.99 Å². The van der Waals surface area contributed by atoms with Crippen molar-refractivity contribution >= 4 is 41.7 Å². The predicted octanol–water partition coefficient (Wildman–Crippen LogP) is 3.28. The number of rotatable bonds is 7. The number of thioether (sulfide) groups is 1. The second-order valence-corrected chi connectivity index (χ2v) is 7.09. The average Bonchev–Trinajstić information content (AvgIpc) is 3.11. The standard InChI is InChI=1S/C18H29N3O3S.HI/c1-19-18(21-13-6-7-14(9-13)25-5)20-11-12-8-16(23-3)17(24-4)10-15(12)22-2;/h8,10,13-14H,6-7,9,11H2,1-5H3,(H2,19,20,21);1H. The summed E-state index contributed by atoms with van der Waals surface area (Å²) in [5.74, 6) is 2.90. The topological polar surface area (TPSA) is 64.1 Å². The van der Waals surface area contributed by atoms with E-state index in [0.717, 1.165) is 22.5 Å². The van der Waals surface area contributed by atoms with E-state index in [1.165, 1.54) is 19.3 Å². The van der Waals surface area contributed by atoms with Crippen LogP contribution in [0.3, 0.4) is 0 Å². The molecule has 0 amide bonds. The zero-order valence-electron chi connectivity index (χ0n) is 16.1. The number of benzene rings is 1. The molecule has 1 saturated carbocycles. The lowest BCUT2D eigenvalue weighted by atomic mass is 10.1. The molecule has 0 bridgehead atoms. The van der Waals surface area contributed by atoms with E-state index >= 15 is 0 Å². The first-order chi connectivity index (χ1) is 12.1. The maximum Gasteiger partial charge on any atom is 0.191 e. The van der Waals surface area contributed by atoms with Gasteiger partial charge in [-0.1, -0.05) is 0 Å². The number of guanidine groups is 1. The quantitative estimate of drug-likeness (QED) is 0.344. The molecule has 2 unspecified atom stereocenters. The molecule has 1 aromatic carbocycles. The third kappa shape index (κ3) is 6.00. The van der Waals surface area contributed by atoms with Crippen molar-refractivity contribution in [3.8, 4) is 17.2 Å². The second kappa shape index (κ2) is 11.6. The normalized spacial score (nSPS) is 19.5. The molecule has 26 heavy (non-hydrogen) atoms. The van der Waals surface area contributed by atoms with Gasteiger partial charge in [-0.2, -0.15) is 11.8 Å². The lowest BCUT2D eigenvalue weighted by molar-refractivity contribution is 0.347. The van der Waals surface area contributed by atoms with Crippen molar-refractivity contribution in [1.82, 2.24) is 10.6 Å². The Morgan fingerprint density at radius 3 is 2.31 bits per heavy atom. The highest BCUT2D eigenvalue weighted by Gasteiger charge is 2.24. The van der Waals surface area contributed by atoms with Crippen molar-refractivity contribution in [2.45, 2.75) is 37.1 Å². The molecule has 6 nitrogen and oxygen atoms in total. The predicted molar refractivity (Wildman–Crippen MR) is 120 cm³/mol. The third-order valence-corrected chi connectivity index (χ3v) is 5.61. The van der Waals surface area contributed by atoms with E-state index < -0.39 is 0 Å². The van der Waals surface area contributed by atoms with Crippen LogP contribution in [0.25, 0.3) is 0 Å². The molecule has 0 spiro atoms. The summed E-state index contributed by atoms with van der Waals surface area (Å²) in [4.78, 5) is 4.34. The van der Waals surface area contributed by atoms with Gasteiger partial charge in [-0.05, 0) is 31.6 Å². The molecule has 0 aromatic heterocycles. The largest absolute Gasteiger partial charge is 0.496 e. The van der Waals surface area contributed by atoms with E-state index in [1.54, 1.807) is 28.4 Å². The molecule has 8 heteroatoms. The fourth-order valence-electron chi connectivity index (χ4n) is 3.08. The maximum atomic E-state index is 5.48. The van der Waals surface area contributed by atoms with Crippen molar-refractivity contribution in [3.05, 3.63) is 17.7 Å². The van der Waals surface area contributed by atoms with Gasteiger partial charge in [-0.25, -0.2) is 0 Å². The molecular weight excluding hydrogens is 465 g/mol. The van der Waals surface area contributed by atoms with Gasteiger partial charge in [0.05, 0.1) is 21.3 Å². The van der Waals surface area contributed by atoms with Gasteiger partial charge in [0.25, 0.3) is 0 Å². The van der Waals surface area contributed by atoms with E-state index in [4.69, 9.17) is 14.2 Å². The number of aliphatic imine (C=N–C) groups is 1. The first kappa shape index (κ1) is 23.0. The molecule has 148 valence electrons. The summed E-state index contributed by atoms with van der Waals surface area (Å²) in [7, 11) is 6.69. The lowest BCUT2D eigenvalue weighted by Gasteiger charge is -2.19. The fraction of sp³-hybridized carbons (Fsp3) is 0.611. The van der Waals surface area contributed by atoms with Gasteiger partial charge in [-0.15, -0.1) is 24.0 Å². The highest BCUT2D eigenvalue weighted by molar-refractivity contribution is 14.0. The molecule has 1 fully saturated rings. The van der Waals surface area contributed by atoms with Crippen LogP contribution in [0.4, 0.5) is 0 Å². The van der Waals surface area contributed by atoms with Gasteiger partial charge < -0.3 is 24.8 Å². The number of methoxy groups -OCH3 is 3. The first-order valence-corrected chi connectivity index (χ1v) is 9.72. The summed E-state index contributed by atoms with van der Waals surface area (Å²) in [6, 6.07) is 4.25. The van der Waals surface area contributed by atoms with Gasteiger partial charge in [0.2, 0.25) is 0 Å². The monoisotopic (exact) mass is 495 g/mol. The summed E-state index contributed by atoms with van der Waals surface area (Å²) in [6.45, 7) is 0.585. The molecule has 1 aromatic rings. The minimum absolute atomic E-state index is 0. The molecule has 2 atom stereocenters. The Morgan fingerprint density at radius 1 is 1.12 bits per heavy atom. The Balaban J connectivity index is 0.00000338. The van der Waals surface area contributed by atoms with E-state index in [-0.39, 0.29) is 24.0 Å². The van der Waals surface area contributed by atoms with Crippen LogP contribution in [-0.2, 0) is 6.54 Å². The molecule has 2 N–H and O–H groups in total. The molecule has 2 rings (SSSR count). The number of hydrogen-bond acceptors (Lipinski definition) is 5. The molecule has 1 aliphatic rings. The fourth-order valence-corrected chi connectivity index (χ4v) is 3.88. The maximum absolute atomic E-state index is 5.48. The van der Waals surface area contributed by atoms with Gasteiger partial charge >= 0.3 is 0 Å².